The van der Waals surface area contributed by atoms with Crippen LogP contribution in [0.3, 0.4) is 0 Å². The Labute approximate surface area is 206 Å². The van der Waals surface area contributed by atoms with Gasteiger partial charge < -0.3 is 25.4 Å². The maximum absolute atomic E-state index is 13.6. The van der Waals surface area contributed by atoms with Crippen molar-refractivity contribution in [2.45, 2.75) is 37.3 Å². The summed E-state index contributed by atoms with van der Waals surface area (Å²) in [6.07, 6.45) is 0.602. The molecule has 3 saturated heterocycles. The van der Waals surface area contributed by atoms with Crippen molar-refractivity contribution in [3.8, 4) is 0 Å². The lowest BCUT2D eigenvalue weighted by Gasteiger charge is -2.33. The van der Waals surface area contributed by atoms with Gasteiger partial charge in [-0.3, -0.25) is 14.4 Å². The van der Waals surface area contributed by atoms with Crippen LogP contribution in [0, 0.1) is 11.8 Å². The van der Waals surface area contributed by atoms with E-state index in [0.717, 1.165) is 5.52 Å². The highest BCUT2D eigenvalue weighted by Crippen LogP contribution is 2.58. The van der Waals surface area contributed by atoms with Gasteiger partial charge in [0.25, 0.3) is 0 Å². The summed E-state index contributed by atoms with van der Waals surface area (Å²) >= 11 is 0. The molecule has 186 valence electrons. The summed E-state index contributed by atoms with van der Waals surface area (Å²) in [5, 5.41) is 23.6. The monoisotopic (exact) mass is 490 g/mol. The zero-order valence-electron chi connectivity index (χ0n) is 19.4. The van der Waals surface area contributed by atoms with Gasteiger partial charge in [0.05, 0.1) is 30.1 Å². The maximum atomic E-state index is 13.6. The molecular weight excluding hydrogens is 464 g/mol. The number of likely N-dealkylation sites (tertiary alicyclic amines) is 1. The standard InChI is InChI=1S/C25H26N6O5/c32-13-12-30-21(23(34)26-14-31-17-9-5-4-8-16(17)28-29-31)25-11-10-18(36-25)19(20(25)24(30)35)22(33)27-15-6-2-1-3-7-15/h1-9,18-21,32H,10-14H2,(H,26,34)(H,27,33)/t18-,19+,20-,21?,25?/m0/s1. The van der Waals surface area contributed by atoms with Gasteiger partial charge in [0, 0.05) is 12.2 Å². The highest BCUT2D eigenvalue weighted by molar-refractivity contribution is 6.02. The molecule has 3 aliphatic heterocycles. The van der Waals surface area contributed by atoms with Crippen LogP contribution in [-0.4, -0.2) is 73.6 Å². The number of hydrogen-bond acceptors (Lipinski definition) is 7. The number of amides is 3. The number of aliphatic hydroxyl groups excluding tert-OH is 1. The number of rotatable bonds is 7. The summed E-state index contributed by atoms with van der Waals surface area (Å²) in [4.78, 5) is 41.8. The van der Waals surface area contributed by atoms with Gasteiger partial charge in [-0.05, 0) is 37.1 Å². The molecule has 0 radical (unpaired) electrons. The number of anilines is 1. The van der Waals surface area contributed by atoms with E-state index >= 15 is 0 Å². The maximum Gasteiger partial charge on any atom is 0.247 e. The van der Waals surface area contributed by atoms with Gasteiger partial charge in [-0.1, -0.05) is 35.5 Å². The number of aromatic nitrogens is 3. The second-order valence-electron chi connectivity index (χ2n) is 9.44. The number of nitrogens with one attached hydrogen (secondary N) is 2. The molecule has 2 bridgehead atoms. The van der Waals surface area contributed by atoms with Crippen molar-refractivity contribution < 1.29 is 24.2 Å². The minimum Gasteiger partial charge on any atom is -0.395 e. The van der Waals surface area contributed by atoms with Crippen LogP contribution in [-0.2, 0) is 25.8 Å². The molecule has 1 spiro atoms. The van der Waals surface area contributed by atoms with Crippen LogP contribution in [0.25, 0.3) is 11.0 Å². The third-order valence-corrected chi connectivity index (χ3v) is 7.56. The Morgan fingerprint density at radius 1 is 1.11 bits per heavy atom. The second-order valence-corrected chi connectivity index (χ2v) is 9.44. The van der Waals surface area contributed by atoms with E-state index in [4.69, 9.17) is 4.74 Å². The first-order valence-corrected chi connectivity index (χ1v) is 12.0. The van der Waals surface area contributed by atoms with E-state index in [0.29, 0.717) is 24.0 Å². The lowest BCUT2D eigenvalue weighted by molar-refractivity contribution is -0.142. The van der Waals surface area contributed by atoms with E-state index < -0.39 is 35.5 Å². The van der Waals surface area contributed by atoms with Crippen molar-refractivity contribution in [2.24, 2.45) is 11.8 Å². The van der Waals surface area contributed by atoms with Crippen molar-refractivity contribution in [1.82, 2.24) is 25.2 Å². The lowest BCUT2D eigenvalue weighted by Crippen LogP contribution is -2.55. The Bertz CT molecular complexity index is 1330. The molecule has 3 N–H and O–H groups in total. The molecule has 2 aromatic carbocycles. The van der Waals surface area contributed by atoms with Crippen molar-refractivity contribution in [3.05, 3.63) is 54.6 Å². The van der Waals surface area contributed by atoms with Crippen LogP contribution in [0.1, 0.15) is 12.8 Å². The summed E-state index contributed by atoms with van der Waals surface area (Å²) in [5.41, 5.74) is 0.975. The summed E-state index contributed by atoms with van der Waals surface area (Å²) < 4.78 is 7.91. The normalized spacial score (nSPS) is 28.5. The molecule has 0 saturated carbocycles. The average Bonchev–Trinajstić information content (AvgIpc) is 3.63. The molecule has 2 unspecified atom stereocenters. The molecule has 4 heterocycles. The molecule has 11 nitrogen and oxygen atoms in total. The van der Waals surface area contributed by atoms with E-state index in [9.17, 15) is 19.5 Å². The molecule has 1 aromatic heterocycles. The Kier molecular flexibility index (Phi) is 5.45. The van der Waals surface area contributed by atoms with Crippen molar-refractivity contribution in [1.29, 1.82) is 0 Å². The molecule has 3 aromatic rings. The molecule has 11 heteroatoms. The largest absolute Gasteiger partial charge is 0.395 e. The number of β-amino-alcohol motifs (C(OH)–C–C–N with tert-alkyl or cyclic N) is 1. The van der Waals surface area contributed by atoms with Gasteiger partial charge in [0.2, 0.25) is 17.7 Å². The number of carbonyl (C=O) groups is 3. The molecule has 5 atom stereocenters. The van der Waals surface area contributed by atoms with Crippen molar-refractivity contribution in [3.63, 3.8) is 0 Å². The first-order valence-electron chi connectivity index (χ1n) is 12.0. The minimum absolute atomic E-state index is 0.0253. The number of fused-ring (bicyclic) bond motifs is 2. The Hall–Kier alpha value is -3.83. The van der Waals surface area contributed by atoms with E-state index in [1.54, 1.807) is 16.8 Å². The second kappa shape index (κ2) is 8.68. The number of aliphatic hydroxyl groups is 1. The number of nitrogens with zero attached hydrogens (tertiary/aromatic N) is 4. The summed E-state index contributed by atoms with van der Waals surface area (Å²) in [6.45, 7) is -0.280. The van der Waals surface area contributed by atoms with Crippen molar-refractivity contribution >= 4 is 34.4 Å². The quantitative estimate of drug-likeness (QED) is 0.439. The fourth-order valence-electron chi connectivity index (χ4n) is 6.13. The molecule has 6 rings (SSSR count). The fraction of sp³-hybridized carbons (Fsp3) is 0.400. The Morgan fingerprint density at radius 2 is 1.89 bits per heavy atom. The number of hydrogen-bond donors (Lipinski definition) is 3. The molecular formula is C25H26N6O5. The van der Waals surface area contributed by atoms with Gasteiger partial charge in [0.15, 0.2) is 0 Å². The first-order chi connectivity index (χ1) is 17.5. The summed E-state index contributed by atoms with van der Waals surface area (Å²) in [5.74, 6) is -2.57. The Balaban J connectivity index is 1.26. The van der Waals surface area contributed by atoms with Gasteiger partial charge in [-0.2, -0.15) is 0 Å². The molecule has 3 fully saturated rings. The van der Waals surface area contributed by atoms with Crippen LogP contribution >= 0.6 is 0 Å². The lowest BCUT2D eigenvalue weighted by atomic mass is 9.70. The number of benzene rings is 2. The molecule has 3 aliphatic rings. The fourth-order valence-corrected chi connectivity index (χ4v) is 6.13. The zero-order valence-corrected chi connectivity index (χ0v) is 19.4. The third-order valence-electron chi connectivity index (χ3n) is 7.56. The summed E-state index contributed by atoms with van der Waals surface area (Å²) in [6, 6.07) is 15.5. The first kappa shape index (κ1) is 22.6. The van der Waals surface area contributed by atoms with Gasteiger partial charge in [0.1, 0.15) is 23.8 Å². The summed E-state index contributed by atoms with van der Waals surface area (Å²) in [7, 11) is 0. The van der Waals surface area contributed by atoms with Crippen LogP contribution in [0.4, 0.5) is 5.69 Å². The number of para-hydroxylation sites is 2. The van der Waals surface area contributed by atoms with E-state index in [2.05, 4.69) is 20.9 Å². The highest BCUT2D eigenvalue weighted by Gasteiger charge is 2.74. The third kappa shape index (κ3) is 3.38. The van der Waals surface area contributed by atoms with Gasteiger partial charge in [-0.25, -0.2) is 4.68 Å². The topological polar surface area (TPSA) is 139 Å². The van der Waals surface area contributed by atoms with E-state index in [1.807, 2.05) is 42.5 Å². The van der Waals surface area contributed by atoms with Gasteiger partial charge >= 0.3 is 0 Å². The van der Waals surface area contributed by atoms with Crippen LogP contribution in [0.2, 0.25) is 0 Å². The smallest absolute Gasteiger partial charge is 0.247 e. The molecule has 3 amide bonds. The average molecular weight is 491 g/mol. The van der Waals surface area contributed by atoms with Crippen molar-refractivity contribution in [2.75, 3.05) is 18.5 Å². The van der Waals surface area contributed by atoms with Gasteiger partial charge in [-0.15, -0.1) is 5.10 Å². The van der Waals surface area contributed by atoms with Crippen LogP contribution < -0.4 is 10.6 Å². The van der Waals surface area contributed by atoms with Crippen LogP contribution in [0.15, 0.2) is 54.6 Å². The zero-order chi connectivity index (χ0) is 24.9. The Morgan fingerprint density at radius 3 is 2.69 bits per heavy atom. The van der Waals surface area contributed by atoms with Crippen LogP contribution in [0.5, 0.6) is 0 Å². The SMILES string of the molecule is O=C(NCn1nnc2ccccc21)C1N(CCO)C(=O)[C@@H]2[C@H](C(=O)Nc3ccccc3)[C@@H]3CCC12O3. The predicted octanol–water partition coefficient (Wildman–Crippen LogP) is 0.511. The molecule has 36 heavy (non-hydrogen) atoms. The highest BCUT2D eigenvalue weighted by atomic mass is 16.5. The number of carbonyl (C=O) groups excluding carboxylic acids is 3. The van der Waals surface area contributed by atoms with E-state index in [-0.39, 0.29) is 31.6 Å². The minimum atomic E-state index is -1.12. The van der Waals surface area contributed by atoms with E-state index in [1.165, 1.54) is 4.90 Å². The predicted molar refractivity (Wildman–Crippen MR) is 127 cm³/mol. The number of ether oxygens (including phenoxy) is 1. The molecule has 0 aliphatic carbocycles.